The normalized spacial score (nSPS) is 17.5. The summed E-state index contributed by atoms with van der Waals surface area (Å²) in [5.74, 6) is 0. The Morgan fingerprint density at radius 1 is 1.41 bits per heavy atom. The highest BCUT2D eigenvalue weighted by atomic mass is 79.9. The van der Waals surface area contributed by atoms with E-state index in [4.69, 9.17) is 0 Å². The lowest BCUT2D eigenvalue weighted by Gasteiger charge is -2.12. The zero-order chi connectivity index (χ0) is 12.5. The predicted molar refractivity (Wildman–Crippen MR) is 64.3 cm³/mol. The number of thiophene rings is 1. The highest BCUT2D eigenvalue weighted by Gasteiger charge is 2.39. The molecule has 0 unspecified atom stereocenters. The minimum atomic E-state index is -4.38. The fraction of sp³-hybridized carbons (Fsp3) is 0.300. The minimum absolute atomic E-state index is 0.0324. The first-order valence-electron chi connectivity index (χ1n) is 4.86. The van der Waals surface area contributed by atoms with Crippen molar-refractivity contribution in [1.82, 2.24) is 5.32 Å². The highest BCUT2D eigenvalue weighted by Crippen LogP contribution is 2.30. The lowest BCUT2D eigenvalue weighted by molar-refractivity contribution is -0.452. The van der Waals surface area contributed by atoms with E-state index in [-0.39, 0.29) is 11.0 Å². The summed E-state index contributed by atoms with van der Waals surface area (Å²) in [5, 5.41) is 4.22. The topological polar surface area (TPSA) is 26.0 Å². The SMILES string of the molecule is FC(F)(F)C1=C(Br)C(c2cccs2)=[NH+]CCN1. The van der Waals surface area contributed by atoms with Crippen molar-refractivity contribution in [3.63, 3.8) is 0 Å². The Balaban J connectivity index is 2.47. The molecule has 92 valence electrons. The number of alkyl halides is 3. The second-order valence-corrected chi connectivity index (χ2v) is 5.13. The molecule has 0 saturated carbocycles. The quantitative estimate of drug-likeness (QED) is 0.802. The molecule has 0 amide bonds. The Kier molecular flexibility index (Phi) is 3.58. The summed E-state index contributed by atoms with van der Waals surface area (Å²) in [4.78, 5) is 3.78. The summed E-state index contributed by atoms with van der Waals surface area (Å²) in [5.41, 5.74) is -0.247. The average Bonchev–Trinajstić information content (AvgIpc) is 2.67. The van der Waals surface area contributed by atoms with Crippen molar-refractivity contribution in [2.45, 2.75) is 6.18 Å². The van der Waals surface area contributed by atoms with E-state index in [2.05, 4.69) is 26.2 Å². The van der Waals surface area contributed by atoms with E-state index in [1.54, 1.807) is 12.1 Å². The molecule has 2 N–H and O–H groups in total. The fourth-order valence-electron chi connectivity index (χ4n) is 1.50. The van der Waals surface area contributed by atoms with E-state index in [9.17, 15) is 13.2 Å². The van der Waals surface area contributed by atoms with Gasteiger partial charge in [0.1, 0.15) is 10.2 Å². The van der Waals surface area contributed by atoms with Crippen LogP contribution in [0.2, 0.25) is 0 Å². The van der Waals surface area contributed by atoms with Gasteiger partial charge in [0, 0.05) is 0 Å². The first kappa shape index (κ1) is 12.6. The number of allylic oxidation sites excluding steroid dienone is 2. The van der Waals surface area contributed by atoms with Crippen molar-refractivity contribution >= 4 is 33.0 Å². The van der Waals surface area contributed by atoms with E-state index in [1.165, 1.54) is 11.3 Å². The van der Waals surface area contributed by atoms with Gasteiger partial charge in [-0.1, -0.05) is 6.07 Å². The Morgan fingerprint density at radius 3 is 2.76 bits per heavy atom. The monoisotopic (exact) mass is 325 g/mol. The van der Waals surface area contributed by atoms with Gasteiger partial charge in [-0.15, -0.1) is 11.3 Å². The molecule has 0 bridgehead atoms. The van der Waals surface area contributed by atoms with Crippen LogP contribution in [-0.4, -0.2) is 25.0 Å². The summed E-state index contributed by atoms with van der Waals surface area (Å²) < 4.78 is 38.4. The van der Waals surface area contributed by atoms with E-state index >= 15 is 0 Å². The minimum Gasteiger partial charge on any atom is -0.374 e. The molecule has 0 saturated heterocycles. The van der Waals surface area contributed by atoms with Gasteiger partial charge in [-0.2, -0.15) is 13.2 Å². The van der Waals surface area contributed by atoms with Crippen LogP contribution < -0.4 is 10.3 Å². The molecule has 2 heterocycles. The van der Waals surface area contributed by atoms with Crippen LogP contribution in [0, 0.1) is 0 Å². The first-order valence-corrected chi connectivity index (χ1v) is 6.53. The standard InChI is InChI=1S/C10H8BrF3N2S/c11-7-8(6-2-1-5-17-6)15-3-4-16-9(7)10(12,13)14/h1-2,5,16H,3-4H2/p+1. The Bertz CT molecular complexity index is 462. The third-order valence-corrected chi connectivity index (χ3v) is 3.90. The van der Waals surface area contributed by atoms with Gasteiger partial charge in [0.05, 0.1) is 11.4 Å². The van der Waals surface area contributed by atoms with E-state index in [0.717, 1.165) is 4.88 Å². The number of halogens is 4. The van der Waals surface area contributed by atoms with E-state index in [0.29, 0.717) is 12.3 Å². The maximum atomic E-state index is 12.8. The van der Waals surface area contributed by atoms with Crippen LogP contribution in [0.1, 0.15) is 4.88 Å². The second-order valence-electron chi connectivity index (χ2n) is 3.39. The van der Waals surface area contributed by atoms with Gasteiger partial charge in [-0.3, -0.25) is 0 Å². The molecule has 17 heavy (non-hydrogen) atoms. The summed E-state index contributed by atoms with van der Waals surface area (Å²) in [6.07, 6.45) is -4.38. The zero-order valence-corrected chi connectivity index (χ0v) is 11.0. The van der Waals surface area contributed by atoms with E-state index < -0.39 is 11.9 Å². The van der Waals surface area contributed by atoms with Crippen molar-refractivity contribution in [3.8, 4) is 0 Å². The fourth-order valence-corrected chi connectivity index (χ4v) is 3.10. The van der Waals surface area contributed by atoms with Crippen molar-refractivity contribution < 1.29 is 18.2 Å². The molecule has 0 spiro atoms. The van der Waals surface area contributed by atoms with Crippen molar-refractivity contribution in [1.29, 1.82) is 0 Å². The van der Waals surface area contributed by atoms with Crippen LogP contribution in [0.25, 0.3) is 0 Å². The summed E-state index contributed by atoms with van der Waals surface area (Å²) >= 11 is 4.43. The Morgan fingerprint density at radius 2 is 2.18 bits per heavy atom. The van der Waals surface area contributed by atoms with Crippen LogP contribution in [0.3, 0.4) is 0 Å². The number of hydrogen-bond donors (Lipinski definition) is 2. The number of rotatable bonds is 1. The van der Waals surface area contributed by atoms with Crippen molar-refractivity contribution in [2.75, 3.05) is 13.1 Å². The lowest BCUT2D eigenvalue weighted by atomic mass is 10.2. The largest absolute Gasteiger partial charge is 0.432 e. The number of nitrogens with one attached hydrogen (secondary N) is 2. The molecule has 1 aliphatic rings. The van der Waals surface area contributed by atoms with Crippen molar-refractivity contribution in [3.05, 3.63) is 32.6 Å². The van der Waals surface area contributed by atoms with Gasteiger partial charge in [-0.25, -0.2) is 4.99 Å². The molecule has 0 radical (unpaired) electrons. The average molecular weight is 326 g/mol. The van der Waals surface area contributed by atoms with Crippen molar-refractivity contribution in [2.24, 2.45) is 0 Å². The third-order valence-electron chi connectivity index (χ3n) is 2.22. The van der Waals surface area contributed by atoms with Gasteiger partial charge in [0.25, 0.3) is 0 Å². The maximum Gasteiger partial charge on any atom is 0.432 e. The van der Waals surface area contributed by atoms with Crippen LogP contribution in [0.5, 0.6) is 0 Å². The molecule has 0 aromatic carbocycles. The molecule has 1 aromatic rings. The van der Waals surface area contributed by atoms with Crippen LogP contribution in [-0.2, 0) is 0 Å². The predicted octanol–water partition coefficient (Wildman–Crippen LogP) is 1.39. The molecule has 2 rings (SSSR count). The first-order chi connectivity index (χ1) is 8.00. The molecule has 1 aliphatic heterocycles. The van der Waals surface area contributed by atoms with Gasteiger partial charge < -0.3 is 5.32 Å². The second kappa shape index (κ2) is 4.81. The van der Waals surface area contributed by atoms with Crippen LogP contribution in [0.4, 0.5) is 13.2 Å². The number of hydrogen-bond acceptors (Lipinski definition) is 2. The molecule has 0 atom stereocenters. The summed E-state index contributed by atoms with van der Waals surface area (Å²) in [6, 6.07) is 3.59. The summed E-state index contributed by atoms with van der Waals surface area (Å²) in [7, 11) is 0. The highest BCUT2D eigenvalue weighted by molar-refractivity contribution is 9.12. The van der Waals surface area contributed by atoms with Gasteiger partial charge in [0.15, 0.2) is 6.54 Å². The molecular weight excluding hydrogens is 317 g/mol. The Hall–Kier alpha value is -0.820. The maximum absolute atomic E-state index is 12.8. The summed E-state index contributed by atoms with van der Waals surface area (Å²) in [6.45, 7) is 0.681. The van der Waals surface area contributed by atoms with Gasteiger partial charge in [-0.05, 0) is 27.4 Å². The smallest absolute Gasteiger partial charge is 0.374 e. The molecule has 2 nitrogen and oxygen atoms in total. The zero-order valence-electron chi connectivity index (χ0n) is 8.57. The third kappa shape index (κ3) is 2.71. The van der Waals surface area contributed by atoms with Gasteiger partial charge >= 0.3 is 6.18 Å². The molecular formula is C10H9BrF3N2S+. The molecule has 7 heteroatoms. The van der Waals surface area contributed by atoms with Crippen LogP contribution >= 0.6 is 27.3 Å². The molecule has 1 aromatic heterocycles. The van der Waals surface area contributed by atoms with E-state index in [1.807, 2.05) is 5.38 Å². The van der Waals surface area contributed by atoms with Crippen LogP contribution in [0.15, 0.2) is 27.7 Å². The molecule has 0 aliphatic carbocycles. The lowest BCUT2D eigenvalue weighted by Crippen LogP contribution is -2.74. The Labute approximate surface area is 108 Å². The molecule has 0 fully saturated rings. The van der Waals surface area contributed by atoms with Gasteiger partial charge in [0.2, 0.25) is 5.71 Å².